The van der Waals surface area contributed by atoms with Crippen LogP contribution in [0.4, 0.5) is 0 Å². The Hall–Kier alpha value is -2.31. The molecule has 1 unspecified atom stereocenters. The Balaban J connectivity index is 1.58. The standard InChI is InChI=1S/C21H21NO4S/c23-20(16-8-9-16)17-10-12-18(13-11-17)27(25,26)22-14-4-7-19(22)21(24)15-5-2-1-3-6-15/h1-3,5-6,10-13,16,19H,4,7-9,14H2. The maximum atomic E-state index is 13.1. The van der Waals surface area contributed by atoms with E-state index in [0.29, 0.717) is 30.5 Å². The minimum absolute atomic E-state index is 0.0808. The van der Waals surface area contributed by atoms with Crippen LogP contribution in [-0.2, 0) is 10.0 Å². The number of ketones is 2. The summed E-state index contributed by atoms with van der Waals surface area (Å²) in [5, 5.41) is 0. The molecular formula is C21H21NO4S. The van der Waals surface area contributed by atoms with Crippen LogP contribution in [0.5, 0.6) is 0 Å². The smallest absolute Gasteiger partial charge is 0.243 e. The van der Waals surface area contributed by atoms with E-state index in [4.69, 9.17) is 0 Å². The van der Waals surface area contributed by atoms with Gasteiger partial charge in [-0.2, -0.15) is 4.31 Å². The largest absolute Gasteiger partial charge is 0.294 e. The van der Waals surface area contributed by atoms with Gasteiger partial charge in [0.05, 0.1) is 10.9 Å². The van der Waals surface area contributed by atoms with Crippen molar-refractivity contribution >= 4 is 21.6 Å². The van der Waals surface area contributed by atoms with E-state index in [1.54, 1.807) is 36.4 Å². The molecule has 0 amide bonds. The molecule has 2 aromatic rings. The second-order valence-electron chi connectivity index (χ2n) is 7.17. The van der Waals surface area contributed by atoms with Crippen molar-refractivity contribution in [1.29, 1.82) is 0 Å². The molecular weight excluding hydrogens is 362 g/mol. The third-order valence-corrected chi connectivity index (χ3v) is 7.18. The van der Waals surface area contributed by atoms with Gasteiger partial charge in [-0.25, -0.2) is 8.42 Å². The van der Waals surface area contributed by atoms with Crippen LogP contribution in [0.1, 0.15) is 46.4 Å². The molecule has 1 saturated carbocycles. The van der Waals surface area contributed by atoms with Crippen LogP contribution in [0, 0.1) is 5.92 Å². The zero-order valence-electron chi connectivity index (χ0n) is 14.9. The van der Waals surface area contributed by atoms with Gasteiger partial charge in [-0.3, -0.25) is 9.59 Å². The summed E-state index contributed by atoms with van der Waals surface area (Å²) < 4.78 is 27.5. The van der Waals surface area contributed by atoms with Gasteiger partial charge in [0.2, 0.25) is 10.0 Å². The van der Waals surface area contributed by atoms with E-state index in [2.05, 4.69) is 0 Å². The summed E-state index contributed by atoms with van der Waals surface area (Å²) in [6.07, 6.45) is 3.00. The van der Waals surface area contributed by atoms with Crippen LogP contribution < -0.4 is 0 Å². The van der Waals surface area contributed by atoms with E-state index >= 15 is 0 Å². The highest BCUT2D eigenvalue weighted by Gasteiger charge is 2.39. The first-order valence-corrected chi connectivity index (χ1v) is 10.7. The lowest BCUT2D eigenvalue weighted by Crippen LogP contribution is -2.40. The number of hydrogen-bond donors (Lipinski definition) is 0. The van der Waals surface area contributed by atoms with Crippen LogP contribution in [-0.4, -0.2) is 36.9 Å². The fourth-order valence-electron chi connectivity index (χ4n) is 3.59. The number of Topliss-reactive ketones (excluding diaryl/α,β-unsaturated/α-hetero) is 2. The summed E-state index contributed by atoms with van der Waals surface area (Å²) >= 11 is 0. The van der Waals surface area contributed by atoms with Gasteiger partial charge in [-0.1, -0.05) is 42.5 Å². The Labute approximate surface area is 159 Å². The molecule has 140 valence electrons. The number of benzene rings is 2. The molecule has 0 aromatic heterocycles. The Bertz CT molecular complexity index is 963. The molecule has 0 radical (unpaired) electrons. The van der Waals surface area contributed by atoms with Gasteiger partial charge in [0.25, 0.3) is 0 Å². The monoisotopic (exact) mass is 383 g/mol. The molecule has 2 aliphatic rings. The van der Waals surface area contributed by atoms with Crippen molar-refractivity contribution in [2.75, 3.05) is 6.54 Å². The summed E-state index contributed by atoms with van der Waals surface area (Å²) in [5.41, 5.74) is 1.07. The molecule has 4 rings (SSSR count). The number of nitrogens with zero attached hydrogens (tertiary/aromatic N) is 1. The zero-order chi connectivity index (χ0) is 19.0. The lowest BCUT2D eigenvalue weighted by molar-refractivity contribution is 0.0917. The predicted octanol–water partition coefficient (Wildman–Crippen LogP) is 3.32. The van der Waals surface area contributed by atoms with Gasteiger partial charge in [0.1, 0.15) is 0 Å². The second kappa shape index (κ2) is 7.02. The number of carbonyl (C=O) groups is 2. The van der Waals surface area contributed by atoms with Gasteiger partial charge in [-0.05, 0) is 37.8 Å². The van der Waals surface area contributed by atoms with E-state index in [1.807, 2.05) is 6.07 Å². The SMILES string of the molecule is O=C(c1ccc(S(=O)(=O)N2CCCC2C(=O)c2ccccc2)cc1)C1CC1. The predicted molar refractivity (Wildman–Crippen MR) is 101 cm³/mol. The minimum Gasteiger partial charge on any atom is -0.294 e. The van der Waals surface area contributed by atoms with E-state index < -0.39 is 16.1 Å². The molecule has 1 saturated heterocycles. The lowest BCUT2D eigenvalue weighted by Gasteiger charge is -2.23. The van der Waals surface area contributed by atoms with Crippen molar-refractivity contribution in [3.8, 4) is 0 Å². The van der Waals surface area contributed by atoms with E-state index in [9.17, 15) is 18.0 Å². The van der Waals surface area contributed by atoms with Gasteiger partial charge in [0.15, 0.2) is 11.6 Å². The molecule has 0 spiro atoms. The maximum absolute atomic E-state index is 13.1. The molecule has 0 N–H and O–H groups in total. The highest BCUT2D eigenvalue weighted by Crippen LogP contribution is 2.33. The molecule has 27 heavy (non-hydrogen) atoms. The Morgan fingerprint density at radius 1 is 0.815 bits per heavy atom. The molecule has 1 aliphatic carbocycles. The summed E-state index contributed by atoms with van der Waals surface area (Å²) in [7, 11) is -3.79. The third kappa shape index (κ3) is 3.47. The van der Waals surface area contributed by atoms with Crippen molar-refractivity contribution < 1.29 is 18.0 Å². The van der Waals surface area contributed by atoms with Crippen LogP contribution in [0.3, 0.4) is 0 Å². The lowest BCUT2D eigenvalue weighted by atomic mass is 10.0. The molecule has 2 aromatic carbocycles. The molecule has 1 aliphatic heterocycles. The first-order valence-electron chi connectivity index (χ1n) is 9.24. The molecule has 1 heterocycles. The first kappa shape index (κ1) is 18.1. The quantitative estimate of drug-likeness (QED) is 0.718. The molecule has 1 atom stereocenters. The van der Waals surface area contributed by atoms with Gasteiger partial charge < -0.3 is 0 Å². The third-order valence-electron chi connectivity index (χ3n) is 5.26. The second-order valence-corrected chi connectivity index (χ2v) is 9.06. The number of hydrogen-bond acceptors (Lipinski definition) is 4. The van der Waals surface area contributed by atoms with Crippen molar-refractivity contribution in [2.45, 2.75) is 36.6 Å². The van der Waals surface area contributed by atoms with Gasteiger partial charge in [-0.15, -0.1) is 0 Å². The van der Waals surface area contributed by atoms with E-state index in [1.165, 1.54) is 16.4 Å². The van der Waals surface area contributed by atoms with E-state index in [-0.39, 0.29) is 22.4 Å². The van der Waals surface area contributed by atoms with Gasteiger partial charge >= 0.3 is 0 Å². The first-order chi connectivity index (χ1) is 13.0. The van der Waals surface area contributed by atoms with Crippen LogP contribution in [0.2, 0.25) is 0 Å². The maximum Gasteiger partial charge on any atom is 0.243 e. The Morgan fingerprint density at radius 3 is 2.07 bits per heavy atom. The van der Waals surface area contributed by atoms with Crippen molar-refractivity contribution in [1.82, 2.24) is 4.31 Å². The Morgan fingerprint density at radius 2 is 1.44 bits per heavy atom. The van der Waals surface area contributed by atoms with E-state index in [0.717, 1.165) is 12.8 Å². The fourth-order valence-corrected chi connectivity index (χ4v) is 5.25. The average molecular weight is 383 g/mol. The summed E-state index contributed by atoms with van der Waals surface area (Å²) in [4.78, 5) is 25.1. The van der Waals surface area contributed by atoms with Crippen molar-refractivity contribution in [2.24, 2.45) is 5.92 Å². The number of rotatable bonds is 6. The summed E-state index contributed by atoms with van der Waals surface area (Å²) in [6, 6.07) is 14.2. The fraction of sp³-hybridized carbons (Fsp3) is 0.333. The minimum atomic E-state index is -3.79. The zero-order valence-corrected chi connectivity index (χ0v) is 15.7. The summed E-state index contributed by atoms with van der Waals surface area (Å²) in [5.74, 6) is 0.00775. The summed E-state index contributed by atoms with van der Waals surface area (Å²) in [6.45, 7) is 0.328. The topological polar surface area (TPSA) is 71.5 Å². The highest BCUT2D eigenvalue weighted by molar-refractivity contribution is 7.89. The van der Waals surface area contributed by atoms with Crippen molar-refractivity contribution in [3.63, 3.8) is 0 Å². The number of carbonyl (C=O) groups excluding carboxylic acids is 2. The number of sulfonamides is 1. The van der Waals surface area contributed by atoms with Crippen LogP contribution >= 0.6 is 0 Å². The molecule has 0 bridgehead atoms. The normalized spacial score (nSPS) is 20.5. The van der Waals surface area contributed by atoms with Crippen molar-refractivity contribution in [3.05, 3.63) is 65.7 Å². The van der Waals surface area contributed by atoms with Crippen LogP contribution in [0.25, 0.3) is 0 Å². The Kier molecular flexibility index (Phi) is 4.70. The average Bonchev–Trinajstić information content (AvgIpc) is 3.43. The van der Waals surface area contributed by atoms with Crippen LogP contribution in [0.15, 0.2) is 59.5 Å². The highest BCUT2D eigenvalue weighted by atomic mass is 32.2. The molecule has 6 heteroatoms. The molecule has 5 nitrogen and oxygen atoms in total. The van der Waals surface area contributed by atoms with Gasteiger partial charge in [0, 0.05) is 23.6 Å². The molecule has 2 fully saturated rings.